The number of nitrogens with one attached hydrogen (secondary N) is 1. The Morgan fingerprint density at radius 2 is 1.90 bits per heavy atom. The van der Waals surface area contributed by atoms with E-state index in [0.29, 0.717) is 12.1 Å². The van der Waals surface area contributed by atoms with Gasteiger partial charge in [0.05, 0.1) is 15.4 Å². The van der Waals surface area contributed by atoms with Gasteiger partial charge in [-0.15, -0.1) is 11.3 Å². The van der Waals surface area contributed by atoms with Gasteiger partial charge in [0.15, 0.2) is 0 Å². The Hall–Kier alpha value is -0.370. The van der Waals surface area contributed by atoms with Crippen molar-refractivity contribution in [3.8, 4) is 0 Å². The molecule has 7 heteroatoms. The molecule has 2 aromatic rings. The van der Waals surface area contributed by atoms with Crippen molar-refractivity contribution >= 4 is 43.2 Å². The largest absolute Gasteiger partial charge is 0.417 e. The standard InChI is InChI=1S/C14H12Br2F3NS/c1-2-20-13(11-5-6-12(16)21-11)8-3-4-10(15)9(7-8)14(17,18)19/h3-7,13,20H,2H2,1H3. The predicted octanol–water partition coefficient (Wildman–Crippen LogP) is 5.99. The van der Waals surface area contributed by atoms with Crippen molar-refractivity contribution in [2.45, 2.75) is 19.1 Å². The van der Waals surface area contributed by atoms with E-state index in [1.807, 2.05) is 19.1 Å². The molecule has 0 spiro atoms. The molecule has 1 unspecified atom stereocenters. The van der Waals surface area contributed by atoms with Gasteiger partial charge in [-0.25, -0.2) is 0 Å². The molecule has 1 N–H and O–H groups in total. The van der Waals surface area contributed by atoms with E-state index in [2.05, 4.69) is 37.2 Å². The highest BCUT2D eigenvalue weighted by Gasteiger charge is 2.33. The summed E-state index contributed by atoms with van der Waals surface area (Å²) in [6.07, 6.45) is -4.37. The Morgan fingerprint density at radius 3 is 2.43 bits per heavy atom. The molecule has 0 fully saturated rings. The molecule has 1 aromatic carbocycles. The Bertz CT molecular complexity index is 625. The topological polar surface area (TPSA) is 12.0 Å². The average Bonchev–Trinajstić information content (AvgIpc) is 2.82. The average molecular weight is 443 g/mol. The first-order valence-corrected chi connectivity index (χ1v) is 8.58. The monoisotopic (exact) mass is 441 g/mol. The summed E-state index contributed by atoms with van der Waals surface area (Å²) in [5.74, 6) is 0. The first-order valence-electron chi connectivity index (χ1n) is 6.18. The summed E-state index contributed by atoms with van der Waals surface area (Å²) in [5.41, 5.74) is -0.0553. The van der Waals surface area contributed by atoms with Crippen LogP contribution in [0.5, 0.6) is 0 Å². The molecule has 0 aliphatic heterocycles. The molecule has 0 radical (unpaired) electrons. The van der Waals surface area contributed by atoms with E-state index in [9.17, 15) is 13.2 Å². The first-order chi connectivity index (χ1) is 9.82. The van der Waals surface area contributed by atoms with Crippen LogP contribution in [0.1, 0.15) is 29.0 Å². The van der Waals surface area contributed by atoms with Crippen molar-refractivity contribution in [2.75, 3.05) is 6.54 Å². The molecule has 0 bridgehead atoms. The van der Waals surface area contributed by atoms with Crippen molar-refractivity contribution in [1.82, 2.24) is 5.32 Å². The molecule has 0 aliphatic carbocycles. The van der Waals surface area contributed by atoms with Crippen LogP contribution in [0.15, 0.2) is 38.6 Å². The number of hydrogen-bond donors (Lipinski definition) is 1. The zero-order valence-electron chi connectivity index (χ0n) is 11.0. The summed E-state index contributed by atoms with van der Waals surface area (Å²) in [5, 5.41) is 3.23. The second kappa shape index (κ2) is 6.81. The van der Waals surface area contributed by atoms with Gasteiger partial charge in [-0.05, 0) is 52.3 Å². The molecule has 1 atom stereocenters. The fraction of sp³-hybridized carbons (Fsp3) is 0.286. The van der Waals surface area contributed by atoms with Gasteiger partial charge in [0.2, 0.25) is 0 Å². The molecule has 0 saturated carbocycles. The quantitative estimate of drug-likeness (QED) is 0.613. The number of thiophene rings is 1. The van der Waals surface area contributed by atoms with Crippen LogP contribution in [0.2, 0.25) is 0 Å². The molecule has 1 aromatic heterocycles. The zero-order valence-corrected chi connectivity index (χ0v) is 15.0. The van der Waals surface area contributed by atoms with E-state index >= 15 is 0 Å². The lowest BCUT2D eigenvalue weighted by molar-refractivity contribution is -0.138. The van der Waals surface area contributed by atoms with Crippen molar-refractivity contribution in [3.05, 3.63) is 54.6 Å². The zero-order chi connectivity index (χ0) is 15.6. The third-order valence-electron chi connectivity index (χ3n) is 2.92. The van der Waals surface area contributed by atoms with Gasteiger partial charge in [0, 0.05) is 9.35 Å². The van der Waals surface area contributed by atoms with Crippen LogP contribution in [-0.4, -0.2) is 6.54 Å². The lowest BCUT2D eigenvalue weighted by Crippen LogP contribution is -2.21. The first kappa shape index (κ1) is 17.0. The summed E-state index contributed by atoms with van der Waals surface area (Å²) >= 11 is 7.86. The van der Waals surface area contributed by atoms with Gasteiger partial charge >= 0.3 is 6.18 Å². The number of benzene rings is 1. The van der Waals surface area contributed by atoms with E-state index in [1.165, 1.54) is 23.5 Å². The van der Waals surface area contributed by atoms with Gasteiger partial charge in [0.1, 0.15) is 0 Å². The number of halogens is 5. The van der Waals surface area contributed by atoms with E-state index in [-0.39, 0.29) is 10.5 Å². The normalized spacial score (nSPS) is 13.4. The molecule has 21 heavy (non-hydrogen) atoms. The molecule has 114 valence electrons. The van der Waals surface area contributed by atoms with Crippen LogP contribution in [0.25, 0.3) is 0 Å². The molecule has 2 rings (SSSR count). The fourth-order valence-electron chi connectivity index (χ4n) is 2.01. The maximum absolute atomic E-state index is 13.0. The Labute approximate surface area is 141 Å². The predicted molar refractivity (Wildman–Crippen MR) is 86.7 cm³/mol. The van der Waals surface area contributed by atoms with Crippen molar-refractivity contribution in [2.24, 2.45) is 0 Å². The molecular formula is C14H12Br2F3NS. The van der Waals surface area contributed by atoms with Gasteiger partial charge in [-0.2, -0.15) is 13.2 Å². The van der Waals surface area contributed by atoms with E-state index in [0.717, 1.165) is 8.66 Å². The summed E-state index contributed by atoms with van der Waals surface area (Å²) in [6, 6.07) is 7.92. The molecule has 0 saturated heterocycles. The van der Waals surface area contributed by atoms with Gasteiger partial charge < -0.3 is 5.32 Å². The minimum atomic E-state index is -4.37. The second-order valence-electron chi connectivity index (χ2n) is 4.37. The molecular weight excluding hydrogens is 431 g/mol. The highest BCUT2D eigenvalue weighted by atomic mass is 79.9. The van der Waals surface area contributed by atoms with E-state index in [4.69, 9.17) is 0 Å². The minimum Gasteiger partial charge on any atom is -0.306 e. The molecule has 0 amide bonds. The maximum atomic E-state index is 13.0. The smallest absolute Gasteiger partial charge is 0.306 e. The van der Waals surface area contributed by atoms with Crippen LogP contribution < -0.4 is 5.32 Å². The van der Waals surface area contributed by atoms with Gasteiger partial charge in [-0.1, -0.05) is 28.9 Å². The van der Waals surface area contributed by atoms with Crippen molar-refractivity contribution < 1.29 is 13.2 Å². The highest BCUT2D eigenvalue weighted by Crippen LogP contribution is 2.38. The Morgan fingerprint density at radius 1 is 1.19 bits per heavy atom. The maximum Gasteiger partial charge on any atom is 0.417 e. The van der Waals surface area contributed by atoms with Crippen LogP contribution in [0.3, 0.4) is 0 Å². The summed E-state index contributed by atoms with van der Waals surface area (Å²) in [7, 11) is 0. The molecule has 1 heterocycles. The lowest BCUT2D eigenvalue weighted by atomic mass is 10.0. The van der Waals surface area contributed by atoms with E-state index < -0.39 is 11.7 Å². The Kier molecular flexibility index (Phi) is 5.51. The van der Waals surface area contributed by atoms with Crippen LogP contribution in [0.4, 0.5) is 13.2 Å². The number of alkyl halides is 3. The second-order valence-corrected chi connectivity index (χ2v) is 7.72. The molecule has 0 aliphatic rings. The van der Waals surface area contributed by atoms with Gasteiger partial charge in [0.25, 0.3) is 0 Å². The lowest BCUT2D eigenvalue weighted by Gasteiger charge is -2.19. The SMILES string of the molecule is CCNC(c1ccc(Br)c(C(F)(F)F)c1)c1ccc(Br)s1. The van der Waals surface area contributed by atoms with Crippen LogP contribution in [-0.2, 0) is 6.18 Å². The van der Waals surface area contributed by atoms with Crippen LogP contribution in [0, 0.1) is 0 Å². The molecule has 1 nitrogen and oxygen atoms in total. The van der Waals surface area contributed by atoms with E-state index in [1.54, 1.807) is 6.07 Å². The fourth-order valence-corrected chi connectivity index (χ4v) is 4.01. The van der Waals surface area contributed by atoms with Crippen molar-refractivity contribution in [3.63, 3.8) is 0 Å². The van der Waals surface area contributed by atoms with Gasteiger partial charge in [-0.3, -0.25) is 0 Å². The third-order valence-corrected chi connectivity index (χ3v) is 5.30. The van der Waals surface area contributed by atoms with Crippen molar-refractivity contribution in [1.29, 1.82) is 0 Å². The Balaban J connectivity index is 2.46. The summed E-state index contributed by atoms with van der Waals surface area (Å²) in [4.78, 5) is 0.971. The summed E-state index contributed by atoms with van der Waals surface area (Å²) < 4.78 is 40.1. The highest BCUT2D eigenvalue weighted by molar-refractivity contribution is 9.11. The minimum absolute atomic E-state index is 0.0568. The number of hydrogen-bond acceptors (Lipinski definition) is 2. The third kappa shape index (κ3) is 4.09. The van der Waals surface area contributed by atoms with Crippen LogP contribution >= 0.6 is 43.2 Å². The summed E-state index contributed by atoms with van der Waals surface area (Å²) in [6.45, 7) is 2.59. The number of rotatable bonds is 4.